The van der Waals surface area contributed by atoms with Crippen LogP contribution in [0.2, 0.25) is 0 Å². The Morgan fingerprint density at radius 3 is 2.72 bits per heavy atom. The lowest BCUT2D eigenvalue weighted by Gasteiger charge is -2.04. The molecule has 0 aliphatic rings. The quantitative estimate of drug-likeness (QED) is 0.900. The highest BCUT2D eigenvalue weighted by Gasteiger charge is 2.05. The van der Waals surface area contributed by atoms with Crippen molar-refractivity contribution < 1.29 is 9.13 Å². The van der Waals surface area contributed by atoms with Crippen LogP contribution in [0.3, 0.4) is 0 Å². The van der Waals surface area contributed by atoms with Gasteiger partial charge in [-0.05, 0) is 30.5 Å². The largest absolute Gasteiger partial charge is 0.494 e. The highest BCUT2D eigenvalue weighted by Crippen LogP contribution is 2.18. The third-order valence-electron chi connectivity index (χ3n) is 2.85. The first-order valence-corrected chi connectivity index (χ1v) is 5.70. The molecule has 0 fully saturated rings. The van der Waals surface area contributed by atoms with Gasteiger partial charge in [-0.15, -0.1) is 0 Å². The molecule has 0 saturated heterocycles. The minimum atomic E-state index is -0.337. The monoisotopic (exact) mass is 249 g/mol. The summed E-state index contributed by atoms with van der Waals surface area (Å²) < 4.78 is 20.1. The average Bonchev–Trinajstić information content (AvgIpc) is 2.66. The maximum atomic E-state index is 13.5. The van der Waals surface area contributed by atoms with Crippen LogP contribution in [-0.4, -0.2) is 16.7 Å². The summed E-state index contributed by atoms with van der Waals surface area (Å²) in [7, 11) is 3.30. The van der Waals surface area contributed by atoms with Gasteiger partial charge in [0, 0.05) is 13.2 Å². The molecule has 2 aromatic rings. The lowest BCUT2D eigenvalue weighted by molar-refractivity contribution is 0.386. The first kappa shape index (κ1) is 12.4. The molecule has 2 N–H and O–H groups in total. The molecule has 0 atom stereocenters. The van der Waals surface area contributed by atoms with Crippen LogP contribution in [0.1, 0.15) is 11.3 Å². The maximum absolute atomic E-state index is 13.5. The third-order valence-corrected chi connectivity index (χ3v) is 2.85. The zero-order chi connectivity index (χ0) is 13.1. The van der Waals surface area contributed by atoms with Gasteiger partial charge >= 0.3 is 0 Å². The minimum Gasteiger partial charge on any atom is -0.494 e. The molecule has 1 aromatic carbocycles. The van der Waals surface area contributed by atoms with E-state index in [1.807, 2.05) is 19.3 Å². The van der Waals surface area contributed by atoms with E-state index >= 15 is 0 Å². The molecule has 0 bridgehead atoms. The summed E-state index contributed by atoms with van der Waals surface area (Å²) in [5.74, 6) is 0.419. The summed E-state index contributed by atoms with van der Waals surface area (Å²) in [5.41, 5.74) is 7.47. The van der Waals surface area contributed by atoms with Crippen molar-refractivity contribution >= 4 is 5.95 Å². The molecule has 0 aliphatic carbocycles. The molecule has 0 radical (unpaired) electrons. The number of nitrogens with two attached hydrogens (primary N) is 1. The van der Waals surface area contributed by atoms with Crippen molar-refractivity contribution in [1.29, 1.82) is 0 Å². The van der Waals surface area contributed by atoms with Crippen LogP contribution in [0.15, 0.2) is 24.4 Å². The van der Waals surface area contributed by atoms with E-state index in [0.29, 0.717) is 5.95 Å². The van der Waals surface area contributed by atoms with Gasteiger partial charge < -0.3 is 15.0 Å². The lowest BCUT2D eigenvalue weighted by Crippen LogP contribution is -1.95. The first-order valence-electron chi connectivity index (χ1n) is 5.70. The summed E-state index contributed by atoms with van der Waals surface area (Å²) in [6, 6.07) is 4.98. The van der Waals surface area contributed by atoms with E-state index in [9.17, 15) is 4.39 Å². The predicted octanol–water partition coefficient (Wildman–Crippen LogP) is 1.94. The van der Waals surface area contributed by atoms with Crippen molar-refractivity contribution in [2.45, 2.75) is 12.8 Å². The first-order chi connectivity index (χ1) is 8.60. The number of aryl methyl sites for hydroxylation is 3. The Bertz CT molecular complexity index is 532. The van der Waals surface area contributed by atoms with Gasteiger partial charge in [-0.25, -0.2) is 9.37 Å². The number of hydrogen-bond acceptors (Lipinski definition) is 3. The van der Waals surface area contributed by atoms with Crippen LogP contribution in [0, 0.1) is 5.82 Å². The number of aromatic nitrogens is 2. The van der Waals surface area contributed by atoms with Crippen molar-refractivity contribution in [2.24, 2.45) is 7.05 Å². The number of methoxy groups -OCH3 is 1. The molecule has 0 spiro atoms. The van der Waals surface area contributed by atoms with Crippen LogP contribution in [-0.2, 0) is 19.9 Å². The Hall–Kier alpha value is -2.04. The molecule has 0 unspecified atom stereocenters. The number of imidazole rings is 1. The smallest absolute Gasteiger partial charge is 0.200 e. The van der Waals surface area contributed by atoms with Gasteiger partial charge in [-0.3, -0.25) is 0 Å². The minimum absolute atomic E-state index is 0.265. The summed E-state index contributed by atoms with van der Waals surface area (Å²) in [5, 5.41) is 0. The van der Waals surface area contributed by atoms with E-state index in [2.05, 4.69) is 4.98 Å². The van der Waals surface area contributed by atoms with Crippen molar-refractivity contribution in [1.82, 2.24) is 9.55 Å². The van der Waals surface area contributed by atoms with Gasteiger partial charge in [0.2, 0.25) is 0 Å². The number of nitrogen functional groups attached to an aromatic ring is 1. The topological polar surface area (TPSA) is 53.1 Å². The van der Waals surface area contributed by atoms with E-state index < -0.39 is 0 Å². The maximum Gasteiger partial charge on any atom is 0.200 e. The third kappa shape index (κ3) is 2.61. The number of benzene rings is 1. The van der Waals surface area contributed by atoms with Gasteiger partial charge in [-0.2, -0.15) is 0 Å². The standard InChI is InChI=1S/C13H16FN3O/c1-17-8-10(16-13(17)15)5-3-9-4-6-12(18-2)11(14)7-9/h4,6-8H,3,5H2,1-2H3,(H2,15,16). The molecule has 2 rings (SSSR count). The van der Waals surface area contributed by atoms with Crippen molar-refractivity contribution in [3.8, 4) is 5.75 Å². The molecular formula is C13H16FN3O. The molecule has 5 heteroatoms. The van der Waals surface area contributed by atoms with E-state index in [-0.39, 0.29) is 11.6 Å². The second kappa shape index (κ2) is 5.08. The lowest BCUT2D eigenvalue weighted by atomic mass is 10.1. The highest BCUT2D eigenvalue weighted by molar-refractivity contribution is 5.30. The van der Waals surface area contributed by atoms with Gasteiger partial charge in [0.05, 0.1) is 12.8 Å². The molecule has 0 aliphatic heterocycles. The fraction of sp³-hybridized carbons (Fsp3) is 0.308. The van der Waals surface area contributed by atoms with Crippen LogP contribution in [0.25, 0.3) is 0 Å². The Balaban J connectivity index is 2.04. The molecule has 0 saturated carbocycles. The van der Waals surface area contributed by atoms with Gasteiger partial charge in [-0.1, -0.05) is 6.07 Å². The SMILES string of the molecule is COc1ccc(CCc2cn(C)c(N)n2)cc1F. The fourth-order valence-electron chi connectivity index (χ4n) is 1.80. The van der Waals surface area contributed by atoms with Gasteiger partial charge in [0.25, 0.3) is 0 Å². The number of nitrogens with zero attached hydrogens (tertiary/aromatic N) is 2. The van der Waals surface area contributed by atoms with Crippen molar-refractivity contribution in [2.75, 3.05) is 12.8 Å². The molecular weight excluding hydrogens is 233 g/mol. The normalized spacial score (nSPS) is 10.6. The summed E-state index contributed by atoms with van der Waals surface area (Å²) >= 11 is 0. The highest BCUT2D eigenvalue weighted by atomic mass is 19.1. The number of ether oxygens (including phenoxy) is 1. The molecule has 18 heavy (non-hydrogen) atoms. The Morgan fingerprint density at radius 1 is 1.39 bits per heavy atom. The van der Waals surface area contributed by atoms with Crippen molar-refractivity contribution in [3.05, 3.63) is 41.5 Å². The summed E-state index contributed by atoms with van der Waals surface area (Å²) in [6.07, 6.45) is 3.34. The zero-order valence-corrected chi connectivity index (χ0v) is 10.5. The Labute approximate surface area is 105 Å². The Kier molecular flexibility index (Phi) is 3.50. The van der Waals surface area contributed by atoms with E-state index in [4.69, 9.17) is 10.5 Å². The fourth-order valence-corrected chi connectivity index (χ4v) is 1.80. The summed E-state index contributed by atoms with van der Waals surface area (Å²) in [4.78, 5) is 4.20. The van der Waals surface area contributed by atoms with Gasteiger partial charge in [0.15, 0.2) is 17.5 Å². The summed E-state index contributed by atoms with van der Waals surface area (Å²) in [6.45, 7) is 0. The number of hydrogen-bond donors (Lipinski definition) is 1. The molecule has 1 aromatic heterocycles. The molecule has 1 heterocycles. The van der Waals surface area contributed by atoms with Gasteiger partial charge in [0.1, 0.15) is 0 Å². The molecule has 0 amide bonds. The van der Waals surface area contributed by atoms with E-state index in [1.165, 1.54) is 13.2 Å². The number of halogens is 1. The Morgan fingerprint density at radius 2 is 2.17 bits per heavy atom. The van der Waals surface area contributed by atoms with Crippen LogP contribution in [0.5, 0.6) is 5.75 Å². The predicted molar refractivity (Wildman–Crippen MR) is 68.0 cm³/mol. The number of rotatable bonds is 4. The zero-order valence-electron chi connectivity index (χ0n) is 10.5. The van der Waals surface area contributed by atoms with Crippen molar-refractivity contribution in [3.63, 3.8) is 0 Å². The van der Waals surface area contributed by atoms with E-state index in [0.717, 1.165) is 24.1 Å². The van der Waals surface area contributed by atoms with E-state index in [1.54, 1.807) is 10.6 Å². The van der Waals surface area contributed by atoms with Crippen LogP contribution in [0.4, 0.5) is 10.3 Å². The average molecular weight is 249 g/mol. The molecule has 4 nitrogen and oxygen atoms in total. The van der Waals surface area contributed by atoms with Crippen LogP contribution >= 0.6 is 0 Å². The second-order valence-corrected chi connectivity index (χ2v) is 4.17. The second-order valence-electron chi connectivity index (χ2n) is 4.17. The number of anilines is 1. The van der Waals surface area contributed by atoms with Crippen LogP contribution < -0.4 is 10.5 Å². The molecule has 96 valence electrons.